The van der Waals surface area contributed by atoms with Gasteiger partial charge in [0.1, 0.15) is 5.75 Å². The zero-order chi connectivity index (χ0) is 15.5. The van der Waals surface area contributed by atoms with Gasteiger partial charge >= 0.3 is 0 Å². The highest BCUT2D eigenvalue weighted by molar-refractivity contribution is 14.0. The molecule has 1 aromatic carbocycles. The smallest absolute Gasteiger partial charge is 0.191 e. The van der Waals surface area contributed by atoms with Gasteiger partial charge in [0.25, 0.3) is 0 Å². The monoisotopic (exact) mass is 421 g/mol. The number of rotatable bonds is 8. The van der Waals surface area contributed by atoms with Gasteiger partial charge < -0.3 is 20.1 Å². The van der Waals surface area contributed by atoms with Crippen molar-refractivity contribution >= 4 is 29.9 Å². The molecule has 0 aliphatic rings. The summed E-state index contributed by atoms with van der Waals surface area (Å²) in [7, 11) is 1.70. The number of halogens is 1. The molecular weight excluding hydrogens is 393 g/mol. The molecule has 126 valence electrons. The van der Waals surface area contributed by atoms with Crippen LogP contribution in [0.4, 0.5) is 0 Å². The second-order valence-corrected chi connectivity index (χ2v) is 4.78. The second-order valence-electron chi connectivity index (χ2n) is 4.78. The van der Waals surface area contributed by atoms with E-state index >= 15 is 0 Å². The van der Waals surface area contributed by atoms with Crippen LogP contribution in [0.3, 0.4) is 0 Å². The lowest BCUT2D eigenvalue weighted by molar-refractivity contribution is 0.179. The zero-order valence-electron chi connectivity index (χ0n) is 13.9. The average molecular weight is 421 g/mol. The van der Waals surface area contributed by atoms with Crippen molar-refractivity contribution in [3.8, 4) is 5.75 Å². The van der Waals surface area contributed by atoms with Crippen molar-refractivity contribution in [1.82, 2.24) is 10.6 Å². The third-order valence-electron chi connectivity index (χ3n) is 2.77. The highest BCUT2D eigenvalue weighted by atomic mass is 127. The van der Waals surface area contributed by atoms with E-state index in [1.165, 1.54) is 0 Å². The minimum absolute atomic E-state index is 0. The van der Waals surface area contributed by atoms with Crippen LogP contribution in [0, 0.1) is 0 Å². The highest BCUT2D eigenvalue weighted by Crippen LogP contribution is 2.13. The first-order chi connectivity index (χ1) is 10.2. The summed E-state index contributed by atoms with van der Waals surface area (Å²) in [6, 6.07) is 8.23. The molecule has 0 aromatic heterocycles. The Morgan fingerprint density at radius 2 is 2.09 bits per heavy atom. The van der Waals surface area contributed by atoms with Crippen LogP contribution in [0.2, 0.25) is 0 Å². The zero-order valence-corrected chi connectivity index (χ0v) is 16.2. The van der Waals surface area contributed by atoms with Crippen LogP contribution in [0.15, 0.2) is 29.3 Å². The van der Waals surface area contributed by atoms with Gasteiger partial charge in [0.2, 0.25) is 0 Å². The molecule has 0 heterocycles. The topological polar surface area (TPSA) is 54.9 Å². The van der Waals surface area contributed by atoms with Gasteiger partial charge in [-0.2, -0.15) is 0 Å². The molecule has 0 amide bonds. The maximum absolute atomic E-state index is 5.50. The van der Waals surface area contributed by atoms with Gasteiger partial charge in [0.05, 0.1) is 19.8 Å². The highest BCUT2D eigenvalue weighted by Gasteiger charge is 2.04. The molecule has 0 spiro atoms. The largest absolute Gasteiger partial charge is 0.494 e. The molecule has 0 bridgehead atoms. The quantitative estimate of drug-likeness (QED) is 0.385. The number of hydrogen-bond donors (Lipinski definition) is 2. The summed E-state index contributed by atoms with van der Waals surface area (Å²) in [5.74, 6) is 1.68. The number of benzene rings is 1. The fourth-order valence-corrected chi connectivity index (χ4v) is 1.92. The number of hydrogen-bond acceptors (Lipinski definition) is 3. The molecule has 0 radical (unpaired) electrons. The molecule has 1 aromatic rings. The Morgan fingerprint density at radius 3 is 2.73 bits per heavy atom. The van der Waals surface area contributed by atoms with Crippen LogP contribution in [0.5, 0.6) is 5.75 Å². The van der Waals surface area contributed by atoms with E-state index in [-0.39, 0.29) is 30.0 Å². The van der Waals surface area contributed by atoms with Crippen molar-refractivity contribution in [1.29, 1.82) is 0 Å². The van der Waals surface area contributed by atoms with E-state index < -0.39 is 0 Å². The minimum Gasteiger partial charge on any atom is -0.494 e. The predicted molar refractivity (Wildman–Crippen MR) is 102 cm³/mol. The lowest BCUT2D eigenvalue weighted by Crippen LogP contribution is -2.43. The van der Waals surface area contributed by atoms with E-state index in [9.17, 15) is 0 Å². The Morgan fingerprint density at radius 1 is 1.32 bits per heavy atom. The first-order valence-electron chi connectivity index (χ1n) is 7.45. The molecule has 0 aliphatic heterocycles. The summed E-state index contributed by atoms with van der Waals surface area (Å²) in [5.41, 5.74) is 1.12. The number of ether oxygens (including phenoxy) is 2. The maximum atomic E-state index is 5.50. The molecule has 1 atom stereocenters. The Labute approximate surface area is 150 Å². The van der Waals surface area contributed by atoms with Crippen molar-refractivity contribution in [2.75, 3.05) is 26.9 Å². The molecule has 6 heteroatoms. The van der Waals surface area contributed by atoms with Crippen LogP contribution in [-0.4, -0.2) is 38.9 Å². The van der Waals surface area contributed by atoms with Gasteiger partial charge in [-0.15, -0.1) is 24.0 Å². The van der Waals surface area contributed by atoms with Crippen molar-refractivity contribution in [3.05, 3.63) is 29.8 Å². The van der Waals surface area contributed by atoms with Crippen LogP contribution >= 0.6 is 24.0 Å². The van der Waals surface area contributed by atoms with Gasteiger partial charge in [-0.25, -0.2) is 4.99 Å². The van der Waals surface area contributed by atoms with Crippen molar-refractivity contribution < 1.29 is 9.47 Å². The van der Waals surface area contributed by atoms with Crippen LogP contribution < -0.4 is 15.4 Å². The van der Waals surface area contributed by atoms with Crippen molar-refractivity contribution in [2.24, 2.45) is 4.99 Å². The predicted octanol–water partition coefficient (Wildman–Crippen LogP) is 2.79. The van der Waals surface area contributed by atoms with E-state index in [1.807, 2.05) is 38.1 Å². The molecular formula is C16H28IN3O2. The van der Waals surface area contributed by atoms with Crippen LogP contribution in [-0.2, 0) is 11.3 Å². The molecule has 0 saturated carbocycles. The van der Waals surface area contributed by atoms with Gasteiger partial charge in [-0.3, -0.25) is 0 Å². The first kappa shape index (κ1) is 21.0. The number of aliphatic imine (C=N–C) groups is 1. The molecule has 1 rings (SSSR count). The van der Waals surface area contributed by atoms with Crippen molar-refractivity contribution in [2.45, 2.75) is 33.4 Å². The third kappa shape index (κ3) is 8.43. The molecule has 2 N–H and O–H groups in total. The number of guanidine groups is 1. The summed E-state index contributed by atoms with van der Waals surface area (Å²) in [5, 5.41) is 6.55. The SMILES string of the molecule is CCNC(=NCc1cccc(OCC)c1)NC(C)COC.I. The molecule has 0 fully saturated rings. The second kappa shape index (κ2) is 12.5. The van der Waals surface area contributed by atoms with Crippen LogP contribution in [0.25, 0.3) is 0 Å². The third-order valence-corrected chi connectivity index (χ3v) is 2.77. The van der Waals surface area contributed by atoms with Gasteiger partial charge in [-0.1, -0.05) is 12.1 Å². The van der Waals surface area contributed by atoms with E-state index in [4.69, 9.17) is 9.47 Å². The first-order valence-corrected chi connectivity index (χ1v) is 7.45. The molecule has 0 saturated heterocycles. The molecule has 5 nitrogen and oxygen atoms in total. The minimum atomic E-state index is 0. The summed E-state index contributed by atoms with van der Waals surface area (Å²) < 4.78 is 10.6. The number of nitrogens with zero attached hydrogens (tertiary/aromatic N) is 1. The standard InChI is InChI=1S/C16H27N3O2.HI/c1-5-17-16(19-13(3)12-20-4)18-11-14-8-7-9-15(10-14)21-6-2;/h7-10,13H,5-6,11-12H2,1-4H3,(H2,17,18,19);1H. The van der Waals surface area contributed by atoms with E-state index in [2.05, 4.69) is 22.5 Å². The lowest BCUT2D eigenvalue weighted by atomic mass is 10.2. The summed E-state index contributed by atoms with van der Waals surface area (Å²) >= 11 is 0. The van der Waals surface area contributed by atoms with Gasteiger partial charge in [0, 0.05) is 19.7 Å². The molecule has 1 unspecified atom stereocenters. The van der Waals surface area contributed by atoms with E-state index in [0.717, 1.165) is 23.8 Å². The Hall–Kier alpha value is -1.02. The van der Waals surface area contributed by atoms with Gasteiger partial charge in [-0.05, 0) is 38.5 Å². The summed E-state index contributed by atoms with van der Waals surface area (Å²) in [6.45, 7) is 8.84. The van der Waals surface area contributed by atoms with E-state index in [1.54, 1.807) is 7.11 Å². The lowest BCUT2D eigenvalue weighted by Gasteiger charge is -2.17. The number of nitrogens with one attached hydrogen (secondary N) is 2. The van der Waals surface area contributed by atoms with Crippen LogP contribution in [0.1, 0.15) is 26.3 Å². The number of methoxy groups -OCH3 is 1. The fraction of sp³-hybridized carbons (Fsp3) is 0.562. The Kier molecular flexibility index (Phi) is 11.9. The van der Waals surface area contributed by atoms with Crippen molar-refractivity contribution in [3.63, 3.8) is 0 Å². The Balaban J connectivity index is 0.00000441. The van der Waals surface area contributed by atoms with Gasteiger partial charge in [0.15, 0.2) is 5.96 Å². The summed E-state index contributed by atoms with van der Waals surface area (Å²) in [6.07, 6.45) is 0. The van der Waals surface area contributed by atoms with E-state index in [0.29, 0.717) is 19.8 Å². The summed E-state index contributed by atoms with van der Waals surface area (Å²) in [4.78, 5) is 4.59. The maximum Gasteiger partial charge on any atom is 0.191 e. The fourth-order valence-electron chi connectivity index (χ4n) is 1.92. The molecule has 0 aliphatic carbocycles. The Bertz CT molecular complexity index is 441. The molecule has 22 heavy (non-hydrogen) atoms. The average Bonchev–Trinajstić information content (AvgIpc) is 2.46. The normalized spacial score (nSPS) is 12.3.